The van der Waals surface area contributed by atoms with Gasteiger partial charge in [-0.2, -0.15) is 4.57 Å². The highest BCUT2D eigenvalue weighted by Gasteiger charge is 2.17. The molecule has 0 spiro atoms. The molecule has 0 aliphatic carbocycles. The van der Waals surface area contributed by atoms with Gasteiger partial charge >= 0.3 is 0 Å². The molecule has 0 saturated carbocycles. The highest BCUT2D eigenvalue weighted by molar-refractivity contribution is 7.99. The summed E-state index contributed by atoms with van der Waals surface area (Å²) >= 11 is 1.68. The molecule has 3 aromatic heterocycles. The predicted molar refractivity (Wildman–Crippen MR) is 189 cm³/mol. The largest absolute Gasteiger partial charge is 0.294 e. The summed E-state index contributed by atoms with van der Waals surface area (Å²) in [6, 6.07) is 43.9. The standard InChI is InChI=1S/C40H33N4S/c1-27(2)32-13-4-5-14-33(32)28-21-22-41-40(23-28)44-36-16-7-6-15-34(36)35-20-19-31(25-39(35)44)45-30-12-10-11-29(24-30)43-26-42(3)37-17-8-9-18-38(37)43/h4-27H,1-3H3/q+1/i3D3. The highest BCUT2D eigenvalue weighted by Crippen LogP contribution is 2.38. The summed E-state index contributed by atoms with van der Waals surface area (Å²) in [5, 5.41) is 2.36. The van der Waals surface area contributed by atoms with Crippen molar-refractivity contribution >= 4 is 44.6 Å². The summed E-state index contributed by atoms with van der Waals surface area (Å²) in [4.78, 5) is 7.05. The Morgan fingerprint density at radius 3 is 2.31 bits per heavy atom. The van der Waals surface area contributed by atoms with E-state index < -0.39 is 6.98 Å². The summed E-state index contributed by atoms with van der Waals surface area (Å²) < 4.78 is 29.8. The van der Waals surface area contributed by atoms with E-state index in [-0.39, 0.29) is 0 Å². The van der Waals surface area contributed by atoms with Crippen LogP contribution >= 0.6 is 11.8 Å². The van der Waals surface area contributed by atoms with Crippen LogP contribution in [0.5, 0.6) is 0 Å². The lowest BCUT2D eigenvalue weighted by atomic mass is 9.93. The van der Waals surface area contributed by atoms with E-state index in [2.05, 4.69) is 109 Å². The Morgan fingerprint density at radius 1 is 0.689 bits per heavy atom. The number of aryl methyl sites for hydroxylation is 1. The topological polar surface area (TPSA) is 27.7 Å². The number of benzene rings is 5. The van der Waals surface area contributed by atoms with Gasteiger partial charge < -0.3 is 0 Å². The van der Waals surface area contributed by atoms with Crippen molar-refractivity contribution in [2.75, 3.05) is 0 Å². The van der Waals surface area contributed by atoms with Gasteiger partial charge in [0.05, 0.1) is 11.0 Å². The van der Waals surface area contributed by atoms with Gasteiger partial charge in [0.15, 0.2) is 17.4 Å². The number of imidazole rings is 1. The molecule has 45 heavy (non-hydrogen) atoms. The van der Waals surface area contributed by atoms with Gasteiger partial charge in [0, 0.05) is 62.1 Å². The minimum atomic E-state index is -2.28. The molecule has 0 aliphatic heterocycles. The van der Waals surface area contributed by atoms with Crippen LogP contribution in [0.25, 0.3) is 55.5 Å². The average Bonchev–Trinajstić information content (AvgIpc) is 3.65. The van der Waals surface area contributed by atoms with E-state index in [4.69, 9.17) is 9.10 Å². The summed E-state index contributed by atoms with van der Waals surface area (Å²) in [5.41, 5.74) is 8.31. The first-order valence-corrected chi connectivity index (χ1v) is 16.0. The Labute approximate surface area is 271 Å². The van der Waals surface area contributed by atoms with E-state index in [1.54, 1.807) is 18.1 Å². The lowest BCUT2D eigenvalue weighted by Crippen LogP contribution is -1.99. The van der Waals surface area contributed by atoms with Gasteiger partial charge in [0.2, 0.25) is 0 Å². The Morgan fingerprint density at radius 2 is 1.44 bits per heavy atom. The van der Waals surface area contributed by atoms with Crippen molar-refractivity contribution in [3.8, 4) is 22.6 Å². The van der Waals surface area contributed by atoms with Gasteiger partial charge in [0.25, 0.3) is 0 Å². The second-order valence-corrected chi connectivity index (χ2v) is 12.8. The third-order valence-corrected chi connectivity index (χ3v) is 9.46. The van der Waals surface area contributed by atoms with Crippen molar-refractivity contribution in [2.45, 2.75) is 29.6 Å². The molecule has 0 amide bonds. The highest BCUT2D eigenvalue weighted by atomic mass is 32.2. The zero-order valence-corrected chi connectivity index (χ0v) is 25.9. The fourth-order valence-electron chi connectivity index (χ4n) is 6.38. The molecule has 5 heteroatoms. The summed E-state index contributed by atoms with van der Waals surface area (Å²) in [6.45, 7) is 2.19. The average molecular weight is 605 g/mol. The third kappa shape index (κ3) is 4.80. The molecule has 0 N–H and O–H groups in total. The predicted octanol–water partition coefficient (Wildman–Crippen LogP) is 10.7. The maximum Gasteiger partial charge on any atom is 0.191 e. The first-order chi connectivity index (χ1) is 23.3. The van der Waals surface area contributed by atoms with E-state index in [1.165, 1.54) is 26.5 Å². The molecule has 4 nitrogen and oxygen atoms in total. The fraction of sp³-hybridized carbons (Fsp3) is 0.100. The van der Waals surface area contributed by atoms with Crippen LogP contribution in [0.3, 0.4) is 0 Å². The monoisotopic (exact) mass is 604 g/mol. The third-order valence-electron chi connectivity index (χ3n) is 8.48. The van der Waals surface area contributed by atoms with Gasteiger partial charge in [-0.25, -0.2) is 9.55 Å². The van der Waals surface area contributed by atoms with Crippen LogP contribution in [-0.2, 0) is 6.98 Å². The zero-order valence-electron chi connectivity index (χ0n) is 28.1. The first kappa shape index (κ1) is 24.2. The van der Waals surface area contributed by atoms with Gasteiger partial charge in [-0.1, -0.05) is 74.1 Å². The number of hydrogen-bond acceptors (Lipinski definition) is 2. The van der Waals surface area contributed by atoms with E-state index in [1.807, 2.05) is 47.2 Å². The van der Waals surface area contributed by atoms with Crippen molar-refractivity contribution in [3.05, 3.63) is 145 Å². The fourth-order valence-corrected chi connectivity index (χ4v) is 7.29. The second-order valence-electron chi connectivity index (χ2n) is 11.6. The minimum Gasteiger partial charge on any atom is -0.294 e. The van der Waals surface area contributed by atoms with Crippen LogP contribution in [-0.4, -0.2) is 18.7 Å². The molecular formula is C40H33N4S+. The lowest BCUT2D eigenvalue weighted by molar-refractivity contribution is 0.869. The number of pyridine rings is 1. The quantitative estimate of drug-likeness (QED) is 0.177. The van der Waals surface area contributed by atoms with Crippen LogP contribution in [0.1, 0.15) is 29.4 Å². The number of para-hydroxylation sites is 3. The number of rotatable bonds is 6. The van der Waals surface area contributed by atoms with Gasteiger partial charge in [-0.3, -0.25) is 4.57 Å². The molecule has 218 valence electrons. The zero-order chi connectivity index (χ0) is 33.0. The van der Waals surface area contributed by atoms with Crippen LogP contribution in [0.15, 0.2) is 150 Å². The van der Waals surface area contributed by atoms with Crippen molar-refractivity contribution < 1.29 is 4.11 Å². The Kier molecular flexibility index (Phi) is 5.97. The lowest BCUT2D eigenvalue weighted by Gasteiger charge is -2.14. The molecule has 3 heterocycles. The molecule has 0 aliphatic rings. The molecule has 0 unspecified atom stereocenters. The summed E-state index contributed by atoms with van der Waals surface area (Å²) in [7, 11) is 0. The van der Waals surface area contributed by atoms with E-state index >= 15 is 0 Å². The minimum absolute atomic E-state index is 0.405. The van der Waals surface area contributed by atoms with Crippen LogP contribution < -0.4 is 0 Å². The van der Waals surface area contributed by atoms with Crippen molar-refractivity contribution in [1.29, 1.82) is 0 Å². The normalized spacial score (nSPS) is 13.0. The molecule has 0 radical (unpaired) electrons. The second kappa shape index (κ2) is 11.1. The molecule has 5 aromatic carbocycles. The maximum atomic E-state index is 8.06. The van der Waals surface area contributed by atoms with Crippen LogP contribution in [0, 0.1) is 0 Å². The van der Waals surface area contributed by atoms with E-state index in [0.717, 1.165) is 43.4 Å². The van der Waals surface area contributed by atoms with Crippen molar-refractivity contribution in [2.24, 2.45) is 6.98 Å². The first-order valence-electron chi connectivity index (χ1n) is 16.7. The van der Waals surface area contributed by atoms with E-state index in [9.17, 15) is 0 Å². The SMILES string of the molecule is [2H]C([2H])([2H])n1[cH+]n(-c2cccc(Sc3ccc4c5ccccc5n(-c5cc(-c6ccccc6C(C)C)ccn5)c4c3)c2)c2ccccc21. The molecule has 8 aromatic rings. The van der Waals surface area contributed by atoms with Gasteiger partial charge in [0.1, 0.15) is 11.5 Å². The van der Waals surface area contributed by atoms with E-state index in [0.29, 0.717) is 11.4 Å². The number of aromatic nitrogens is 4. The summed E-state index contributed by atoms with van der Waals surface area (Å²) in [6.07, 6.45) is 3.58. The Balaban J connectivity index is 1.22. The number of nitrogens with zero attached hydrogens (tertiary/aromatic N) is 4. The maximum absolute atomic E-state index is 8.06. The van der Waals surface area contributed by atoms with Gasteiger partial charge in [-0.05, 0) is 77.2 Å². The van der Waals surface area contributed by atoms with Crippen LogP contribution in [0.4, 0.5) is 0 Å². The molecule has 0 fully saturated rings. The Hall–Kier alpha value is -5.13. The molecular weight excluding hydrogens is 569 g/mol. The van der Waals surface area contributed by atoms with Crippen molar-refractivity contribution in [3.63, 3.8) is 0 Å². The number of hydrogen-bond donors (Lipinski definition) is 0. The van der Waals surface area contributed by atoms with Crippen LogP contribution in [0.2, 0.25) is 0 Å². The Bertz CT molecular complexity index is 2470. The number of fused-ring (bicyclic) bond motifs is 4. The molecule has 0 saturated heterocycles. The molecule has 0 atom stereocenters. The summed E-state index contributed by atoms with van der Waals surface area (Å²) in [5.74, 6) is 1.28. The molecule has 8 rings (SSSR count). The smallest absolute Gasteiger partial charge is 0.191 e. The van der Waals surface area contributed by atoms with Gasteiger partial charge in [-0.15, -0.1) is 0 Å². The van der Waals surface area contributed by atoms with Crippen molar-refractivity contribution in [1.82, 2.24) is 18.7 Å². The molecule has 0 bridgehead atoms.